The third kappa shape index (κ3) is 5.36. The summed E-state index contributed by atoms with van der Waals surface area (Å²) in [6.07, 6.45) is 2.14. The Hall–Kier alpha value is -3.15. The number of hydrogen-bond donors (Lipinski definition) is 1. The standard InChI is InChI=1S/C21H21F2N3O5S/c1-2-9-30-10-11-31-20-17(14-3-6-16(7-4-14)32(24,28)29)13-25-26(21(20)27)15-5-8-18(22)19(23)12-15/h3-8,12-13H,2,9-11H2,1H3,(H2,24,28,29). The maximum atomic E-state index is 13.7. The number of hydrogen-bond acceptors (Lipinski definition) is 6. The van der Waals surface area contributed by atoms with E-state index in [1.807, 2.05) is 6.92 Å². The molecule has 11 heteroatoms. The summed E-state index contributed by atoms with van der Waals surface area (Å²) >= 11 is 0. The molecule has 2 N–H and O–H groups in total. The minimum absolute atomic E-state index is 0.0112. The zero-order chi connectivity index (χ0) is 23.3. The summed E-state index contributed by atoms with van der Waals surface area (Å²) in [5, 5.41) is 9.17. The highest BCUT2D eigenvalue weighted by atomic mass is 32.2. The third-order valence-corrected chi connectivity index (χ3v) is 5.33. The summed E-state index contributed by atoms with van der Waals surface area (Å²) in [7, 11) is -3.89. The van der Waals surface area contributed by atoms with E-state index in [1.165, 1.54) is 36.5 Å². The van der Waals surface area contributed by atoms with Crippen molar-refractivity contribution in [3.8, 4) is 22.6 Å². The number of nitrogens with two attached hydrogens (primary N) is 1. The number of aromatic nitrogens is 2. The third-order valence-electron chi connectivity index (χ3n) is 4.40. The van der Waals surface area contributed by atoms with Crippen LogP contribution in [-0.2, 0) is 14.8 Å². The molecule has 2 aromatic carbocycles. The molecule has 0 saturated carbocycles. The molecule has 0 radical (unpaired) electrons. The Labute approximate surface area is 183 Å². The van der Waals surface area contributed by atoms with Crippen molar-refractivity contribution in [3.05, 3.63) is 70.6 Å². The van der Waals surface area contributed by atoms with E-state index in [0.29, 0.717) is 12.2 Å². The highest BCUT2D eigenvalue weighted by Gasteiger charge is 2.18. The van der Waals surface area contributed by atoms with E-state index in [9.17, 15) is 22.0 Å². The van der Waals surface area contributed by atoms with Crippen molar-refractivity contribution in [2.24, 2.45) is 5.14 Å². The second kappa shape index (κ2) is 9.98. The summed E-state index contributed by atoms with van der Waals surface area (Å²) in [5.74, 6) is -2.29. The minimum Gasteiger partial charge on any atom is -0.485 e. The number of ether oxygens (including phenoxy) is 2. The Morgan fingerprint density at radius 1 is 1.03 bits per heavy atom. The molecule has 0 amide bonds. The molecule has 170 valence electrons. The van der Waals surface area contributed by atoms with Crippen LogP contribution in [0.4, 0.5) is 8.78 Å². The topological polar surface area (TPSA) is 114 Å². The quantitative estimate of drug-likeness (QED) is 0.486. The first-order valence-electron chi connectivity index (χ1n) is 9.64. The molecule has 0 aliphatic heterocycles. The molecule has 0 bridgehead atoms. The van der Waals surface area contributed by atoms with Gasteiger partial charge in [-0.25, -0.2) is 22.3 Å². The molecule has 32 heavy (non-hydrogen) atoms. The number of primary sulfonamides is 1. The predicted molar refractivity (Wildman–Crippen MR) is 113 cm³/mol. The van der Waals surface area contributed by atoms with Crippen molar-refractivity contribution in [3.63, 3.8) is 0 Å². The molecule has 1 aromatic heterocycles. The number of benzene rings is 2. The van der Waals surface area contributed by atoms with E-state index in [4.69, 9.17) is 14.6 Å². The van der Waals surface area contributed by atoms with Crippen molar-refractivity contribution in [1.29, 1.82) is 0 Å². The highest BCUT2D eigenvalue weighted by molar-refractivity contribution is 7.89. The van der Waals surface area contributed by atoms with Crippen LogP contribution in [0.5, 0.6) is 5.75 Å². The van der Waals surface area contributed by atoms with Crippen molar-refractivity contribution >= 4 is 10.0 Å². The Balaban J connectivity index is 2.04. The minimum atomic E-state index is -3.89. The van der Waals surface area contributed by atoms with Crippen LogP contribution < -0.4 is 15.4 Å². The van der Waals surface area contributed by atoms with Crippen LogP contribution in [0.2, 0.25) is 0 Å². The Kier molecular flexibility index (Phi) is 7.33. The van der Waals surface area contributed by atoms with Gasteiger partial charge >= 0.3 is 5.56 Å². The highest BCUT2D eigenvalue weighted by Crippen LogP contribution is 2.27. The molecule has 0 saturated heterocycles. The van der Waals surface area contributed by atoms with Crippen LogP contribution >= 0.6 is 0 Å². The fourth-order valence-corrected chi connectivity index (χ4v) is 3.37. The lowest BCUT2D eigenvalue weighted by atomic mass is 10.1. The van der Waals surface area contributed by atoms with Crippen LogP contribution in [-0.4, -0.2) is 38.0 Å². The Morgan fingerprint density at radius 3 is 2.38 bits per heavy atom. The number of rotatable bonds is 9. The molecular weight excluding hydrogens is 444 g/mol. The SMILES string of the molecule is CCCOCCOc1c(-c2ccc(S(N)(=O)=O)cc2)cnn(-c2ccc(F)c(F)c2)c1=O. The summed E-state index contributed by atoms with van der Waals surface area (Å²) in [4.78, 5) is 13.0. The number of halogens is 2. The molecule has 3 rings (SSSR count). The van der Waals surface area contributed by atoms with Crippen LogP contribution in [0.1, 0.15) is 13.3 Å². The van der Waals surface area contributed by atoms with Gasteiger partial charge in [0.1, 0.15) is 6.61 Å². The van der Waals surface area contributed by atoms with E-state index in [2.05, 4.69) is 5.10 Å². The summed E-state index contributed by atoms with van der Waals surface area (Å²) < 4.78 is 61.9. The van der Waals surface area contributed by atoms with E-state index in [0.717, 1.165) is 23.2 Å². The summed E-state index contributed by atoms with van der Waals surface area (Å²) in [6, 6.07) is 8.44. The zero-order valence-electron chi connectivity index (χ0n) is 17.1. The largest absolute Gasteiger partial charge is 0.485 e. The predicted octanol–water partition coefficient (Wildman–Crippen LogP) is 2.63. The van der Waals surface area contributed by atoms with Crippen molar-refractivity contribution < 1.29 is 26.7 Å². The lowest BCUT2D eigenvalue weighted by Crippen LogP contribution is -2.25. The van der Waals surface area contributed by atoms with E-state index in [1.54, 1.807) is 0 Å². The lowest BCUT2D eigenvalue weighted by Gasteiger charge is -2.14. The molecule has 3 aromatic rings. The van der Waals surface area contributed by atoms with Crippen molar-refractivity contribution in [2.75, 3.05) is 19.8 Å². The average molecular weight is 465 g/mol. The van der Waals surface area contributed by atoms with Gasteiger partial charge in [-0.2, -0.15) is 9.78 Å². The first kappa shape index (κ1) is 23.5. The second-order valence-electron chi connectivity index (χ2n) is 6.73. The molecule has 8 nitrogen and oxygen atoms in total. The molecule has 0 fully saturated rings. The van der Waals surface area contributed by atoms with Gasteiger partial charge in [0.15, 0.2) is 17.4 Å². The summed E-state index contributed by atoms with van der Waals surface area (Å²) in [6.45, 7) is 2.76. The van der Waals surface area contributed by atoms with Gasteiger partial charge in [-0.1, -0.05) is 19.1 Å². The average Bonchev–Trinajstić information content (AvgIpc) is 2.76. The Morgan fingerprint density at radius 2 is 1.75 bits per heavy atom. The first-order valence-corrected chi connectivity index (χ1v) is 11.2. The molecular formula is C21H21F2N3O5S. The molecule has 0 atom stereocenters. The van der Waals surface area contributed by atoms with Crippen molar-refractivity contribution in [2.45, 2.75) is 18.2 Å². The molecule has 0 aliphatic carbocycles. The fraction of sp³-hybridized carbons (Fsp3) is 0.238. The van der Waals surface area contributed by atoms with Crippen LogP contribution in [0.25, 0.3) is 16.8 Å². The van der Waals surface area contributed by atoms with Crippen LogP contribution in [0, 0.1) is 11.6 Å². The smallest absolute Gasteiger partial charge is 0.314 e. The van der Waals surface area contributed by atoms with Crippen LogP contribution in [0.3, 0.4) is 0 Å². The molecule has 1 heterocycles. The van der Waals surface area contributed by atoms with Gasteiger partial charge in [-0.3, -0.25) is 4.79 Å². The van der Waals surface area contributed by atoms with Gasteiger partial charge in [0.05, 0.1) is 23.4 Å². The zero-order valence-corrected chi connectivity index (χ0v) is 17.9. The van der Waals surface area contributed by atoms with Gasteiger partial charge in [-0.05, 0) is 36.2 Å². The van der Waals surface area contributed by atoms with E-state index < -0.39 is 27.2 Å². The molecule has 0 aliphatic rings. The van der Waals surface area contributed by atoms with Gasteiger partial charge in [0.2, 0.25) is 10.0 Å². The van der Waals surface area contributed by atoms with Gasteiger partial charge in [-0.15, -0.1) is 0 Å². The van der Waals surface area contributed by atoms with Gasteiger partial charge in [0, 0.05) is 18.2 Å². The maximum Gasteiger partial charge on any atom is 0.314 e. The van der Waals surface area contributed by atoms with E-state index in [-0.39, 0.29) is 35.1 Å². The molecule has 0 spiro atoms. The van der Waals surface area contributed by atoms with Gasteiger partial charge < -0.3 is 9.47 Å². The van der Waals surface area contributed by atoms with E-state index >= 15 is 0 Å². The Bertz CT molecular complexity index is 1260. The summed E-state index contributed by atoms with van der Waals surface area (Å²) in [5.41, 5.74) is 0.0332. The van der Waals surface area contributed by atoms with Crippen molar-refractivity contribution in [1.82, 2.24) is 9.78 Å². The van der Waals surface area contributed by atoms with Gasteiger partial charge in [0.25, 0.3) is 0 Å². The normalized spacial score (nSPS) is 11.5. The fourth-order valence-electron chi connectivity index (χ4n) is 2.86. The monoisotopic (exact) mass is 465 g/mol. The van der Waals surface area contributed by atoms with Crippen LogP contribution in [0.15, 0.2) is 58.4 Å². The first-order chi connectivity index (χ1) is 15.2. The number of sulfonamides is 1. The lowest BCUT2D eigenvalue weighted by molar-refractivity contribution is 0.100. The maximum absolute atomic E-state index is 13.7. The number of nitrogens with zero attached hydrogens (tertiary/aromatic N) is 2. The molecule has 0 unspecified atom stereocenters. The second-order valence-corrected chi connectivity index (χ2v) is 8.29.